The topological polar surface area (TPSA) is 35.5 Å². The van der Waals surface area contributed by atoms with Crippen LogP contribution in [-0.4, -0.2) is 35.1 Å². The van der Waals surface area contributed by atoms with E-state index < -0.39 is 0 Å². The van der Waals surface area contributed by atoms with Gasteiger partial charge in [0.25, 0.3) is 0 Å². The number of aryl methyl sites for hydroxylation is 1. The van der Waals surface area contributed by atoms with Gasteiger partial charge in [0.05, 0.1) is 0 Å². The van der Waals surface area contributed by atoms with Crippen LogP contribution in [0.25, 0.3) is 0 Å². The van der Waals surface area contributed by atoms with Crippen molar-refractivity contribution in [3.8, 4) is 5.06 Å². The van der Waals surface area contributed by atoms with Crippen molar-refractivity contribution >= 4 is 23.3 Å². The first kappa shape index (κ1) is 15.5. The van der Waals surface area contributed by atoms with E-state index in [1.54, 1.807) is 0 Å². The lowest BCUT2D eigenvalue weighted by Crippen LogP contribution is -2.33. The third-order valence-electron chi connectivity index (χ3n) is 4.95. The summed E-state index contributed by atoms with van der Waals surface area (Å²) in [6.07, 6.45) is 2.28. The Morgan fingerprint density at radius 2 is 2.26 bits per heavy atom. The van der Waals surface area contributed by atoms with Gasteiger partial charge in [-0.2, -0.15) is 0 Å². The Morgan fingerprint density at radius 3 is 3.00 bits per heavy atom. The van der Waals surface area contributed by atoms with Crippen LogP contribution >= 0.6 is 23.3 Å². The smallest absolute Gasteiger partial charge is 0.171 e. The minimum atomic E-state index is 0.427. The van der Waals surface area contributed by atoms with Crippen molar-refractivity contribution in [2.24, 2.45) is 0 Å². The average Bonchev–Trinajstić information content (AvgIpc) is 3.16. The van der Waals surface area contributed by atoms with E-state index in [2.05, 4.69) is 40.1 Å². The van der Waals surface area contributed by atoms with E-state index in [1.807, 2.05) is 18.0 Å². The van der Waals surface area contributed by atoms with Gasteiger partial charge in [0.15, 0.2) is 5.06 Å². The van der Waals surface area contributed by atoms with Crippen LogP contribution in [0.5, 0.6) is 5.06 Å². The van der Waals surface area contributed by atoms with Crippen molar-refractivity contribution in [3.05, 3.63) is 46.3 Å². The highest BCUT2D eigenvalue weighted by Gasteiger charge is 2.31. The number of hydrogen-bond donors (Lipinski definition) is 2. The molecule has 2 unspecified atom stereocenters. The summed E-state index contributed by atoms with van der Waals surface area (Å²) in [6.45, 7) is 5.46. The van der Waals surface area contributed by atoms with Gasteiger partial charge in [-0.1, -0.05) is 12.1 Å². The van der Waals surface area contributed by atoms with E-state index in [1.165, 1.54) is 39.3 Å². The Morgan fingerprint density at radius 1 is 1.35 bits per heavy atom. The Bertz CT molecular complexity index is 694. The molecule has 122 valence electrons. The molecule has 2 N–H and O–H groups in total. The van der Waals surface area contributed by atoms with Crippen LogP contribution in [0, 0.1) is 6.92 Å². The predicted molar refractivity (Wildman–Crippen MR) is 97.4 cm³/mol. The molecule has 1 fully saturated rings. The van der Waals surface area contributed by atoms with Gasteiger partial charge >= 0.3 is 0 Å². The number of benzene rings is 1. The summed E-state index contributed by atoms with van der Waals surface area (Å²) in [6, 6.07) is 9.20. The summed E-state index contributed by atoms with van der Waals surface area (Å²) in [7, 11) is 0. The van der Waals surface area contributed by atoms with Gasteiger partial charge in [-0.15, -0.1) is 11.3 Å². The molecule has 0 spiro atoms. The molecule has 5 heteroatoms. The van der Waals surface area contributed by atoms with Gasteiger partial charge in [0, 0.05) is 29.9 Å². The van der Waals surface area contributed by atoms with Crippen LogP contribution in [0.4, 0.5) is 0 Å². The first-order valence-electron chi connectivity index (χ1n) is 8.22. The molecule has 1 aromatic heterocycles. The molecule has 1 aromatic carbocycles. The van der Waals surface area contributed by atoms with E-state index in [0.29, 0.717) is 17.0 Å². The first-order chi connectivity index (χ1) is 11.2. The molecule has 0 aliphatic carbocycles. The van der Waals surface area contributed by atoms with E-state index >= 15 is 0 Å². The summed E-state index contributed by atoms with van der Waals surface area (Å²) in [5.41, 5.74) is 4.13. The van der Waals surface area contributed by atoms with Crippen LogP contribution < -0.4 is 5.32 Å². The predicted octanol–water partition coefficient (Wildman–Crippen LogP) is 3.77. The largest absolute Gasteiger partial charge is 0.499 e. The maximum atomic E-state index is 9.77. The third-order valence-corrected chi connectivity index (χ3v) is 6.96. The number of rotatable bonds is 2. The lowest BCUT2D eigenvalue weighted by molar-refractivity contribution is 0.350. The lowest BCUT2D eigenvalue weighted by atomic mass is 9.91. The molecule has 3 heterocycles. The fourth-order valence-electron chi connectivity index (χ4n) is 3.60. The Labute approximate surface area is 145 Å². The van der Waals surface area contributed by atoms with E-state index in [4.69, 9.17) is 0 Å². The quantitative estimate of drug-likeness (QED) is 0.812. The molecule has 2 aliphatic heterocycles. The highest BCUT2D eigenvalue weighted by Crippen LogP contribution is 2.41. The molecule has 0 saturated carbocycles. The third kappa shape index (κ3) is 3.15. The van der Waals surface area contributed by atoms with Gasteiger partial charge in [-0.05, 0) is 72.5 Å². The monoisotopic (exact) mass is 346 g/mol. The van der Waals surface area contributed by atoms with Crippen LogP contribution in [0.2, 0.25) is 0 Å². The molecule has 2 aromatic rings. The first-order valence-corrected chi connectivity index (χ1v) is 9.87. The molecule has 4 rings (SSSR count). The van der Waals surface area contributed by atoms with Crippen LogP contribution in [0.3, 0.4) is 0 Å². The second-order valence-corrected chi connectivity index (χ2v) is 8.49. The zero-order valence-corrected chi connectivity index (χ0v) is 14.9. The maximum Gasteiger partial charge on any atom is 0.171 e. The Kier molecular flexibility index (Phi) is 4.37. The van der Waals surface area contributed by atoms with Crippen molar-refractivity contribution in [2.75, 3.05) is 19.6 Å². The van der Waals surface area contributed by atoms with Gasteiger partial charge < -0.3 is 10.4 Å². The minimum absolute atomic E-state index is 0.427. The van der Waals surface area contributed by atoms with Crippen molar-refractivity contribution < 1.29 is 5.11 Å². The Balaban J connectivity index is 1.71. The van der Waals surface area contributed by atoms with Gasteiger partial charge in [-0.25, -0.2) is 4.31 Å². The van der Waals surface area contributed by atoms with Crippen LogP contribution in [-0.2, 0) is 6.42 Å². The highest BCUT2D eigenvalue weighted by molar-refractivity contribution is 7.97. The second kappa shape index (κ2) is 6.48. The highest BCUT2D eigenvalue weighted by atomic mass is 32.2. The fraction of sp³-hybridized carbons (Fsp3) is 0.444. The molecule has 0 bridgehead atoms. The zero-order chi connectivity index (χ0) is 15.8. The van der Waals surface area contributed by atoms with Crippen LogP contribution in [0.1, 0.15) is 29.0 Å². The SMILES string of the molecule is Cc1cccc2c1CC(c1csc(O)c1)CN(C1CCNC1)S2. The molecule has 3 nitrogen and oxygen atoms in total. The van der Waals surface area contributed by atoms with Crippen molar-refractivity contribution in [1.29, 1.82) is 0 Å². The Hall–Kier alpha value is -1.01. The van der Waals surface area contributed by atoms with Crippen molar-refractivity contribution in [2.45, 2.75) is 36.6 Å². The zero-order valence-electron chi connectivity index (χ0n) is 13.3. The van der Waals surface area contributed by atoms with Crippen molar-refractivity contribution in [1.82, 2.24) is 9.62 Å². The summed E-state index contributed by atoms with van der Waals surface area (Å²) in [5.74, 6) is 0.447. The van der Waals surface area contributed by atoms with E-state index in [0.717, 1.165) is 26.1 Å². The number of fused-ring (bicyclic) bond motifs is 1. The fourth-order valence-corrected chi connectivity index (χ4v) is 5.65. The molecule has 0 amide bonds. The molecular weight excluding hydrogens is 324 g/mol. The molecule has 0 radical (unpaired) electrons. The molecular formula is C18H22N2OS2. The lowest BCUT2D eigenvalue weighted by Gasteiger charge is -2.28. The van der Waals surface area contributed by atoms with Gasteiger partial charge in [0.2, 0.25) is 0 Å². The summed E-state index contributed by atoms with van der Waals surface area (Å²) in [5, 5.41) is 15.8. The maximum absolute atomic E-state index is 9.77. The normalized spacial score (nSPS) is 25.3. The summed E-state index contributed by atoms with van der Waals surface area (Å²) in [4.78, 5) is 1.40. The molecule has 1 saturated heterocycles. The number of nitrogens with one attached hydrogen (secondary N) is 1. The average molecular weight is 347 g/mol. The number of hydrogen-bond acceptors (Lipinski definition) is 5. The number of aromatic hydroxyl groups is 1. The summed E-state index contributed by atoms with van der Waals surface area (Å²) < 4.78 is 2.57. The van der Waals surface area contributed by atoms with Crippen LogP contribution in [0.15, 0.2) is 34.5 Å². The van der Waals surface area contributed by atoms with E-state index in [-0.39, 0.29) is 0 Å². The molecule has 23 heavy (non-hydrogen) atoms. The van der Waals surface area contributed by atoms with Gasteiger partial charge in [0.1, 0.15) is 0 Å². The molecule has 2 aliphatic rings. The molecule has 2 atom stereocenters. The number of nitrogens with zero attached hydrogens (tertiary/aromatic N) is 1. The number of thiophene rings is 1. The van der Waals surface area contributed by atoms with Gasteiger partial charge in [-0.3, -0.25) is 0 Å². The van der Waals surface area contributed by atoms with Crippen molar-refractivity contribution in [3.63, 3.8) is 0 Å². The minimum Gasteiger partial charge on any atom is -0.499 e. The summed E-state index contributed by atoms with van der Waals surface area (Å²) >= 11 is 3.37. The second-order valence-electron chi connectivity index (χ2n) is 6.51. The van der Waals surface area contributed by atoms with E-state index in [9.17, 15) is 5.11 Å². The standard InChI is InChI=1S/C18H22N2OS2/c1-12-3-2-4-17-16(12)7-13(14-8-18(21)22-11-14)10-20(23-17)15-5-6-19-9-15/h2-4,8,11,13,15,19,21H,5-7,9-10H2,1H3.